The van der Waals surface area contributed by atoms with E-state index in [9.17, 15) is 4.39 Å². The number of halogens is 1. The van der Waals surface area contributed by atoms with Crippen LogP contribution >= 0.6 is 0 Å². The van der Waals surface area contributed by atoms with Gasteiger partial charge in [-0.15, -0.1) is 0 Å². The lowest BCUT2D eigenvalue weighted by Crippen LogP contribution is -2.29. The Morgan fingerprint density at radius 1 is 1.05 bits per heavy atom. The van der Waals surface area contributed by atoms with Gasteiger partial charge in [0, 0.05) is 31.7 Å². The fourth-order valence-electron chi connectivity index (χ4n) is 2.27. The zero-order valence-electron chi connectivity index (χ0n) is 11.8. The van der Waals surface area contributed by atoms with E-state index < -0.39 is 5.82 Å². The maximum absolute atomic E-state index is 14.1. The molecule has 0 heterocycles. The molecule has 108 valence electrons. The van der Waals surface area contributed by atoms with Gasteiger partial charge in [0.05, 0.1) is 5.56 Å². The molecular weight excluding hydrogens is 265 g/mol. The van der Waals surface area contributed by atoms with Crippen molar-refractivity contribution in [2.45, 2.75) is 13.1 Å². The van der Waals surface area contributed by atoms with Crippen LogP contribution < -0.4 is 5.73 Å². The van der Waals surface area contributed by atoms with Crippen LogP contribution in [0.1, 0.15) is 16.7 Å². The van der Waals surface area contributed by atoms with Crippen LogP contribution in [0.15, 0.2) is 48.5 Å². The van der Waals surface area contributed by atoms with Crippen molar-refractivity contribution < 1.29 is 4.39 Å². The fourth-order valence-corrected chi connectivity index (χ4v) is 2.27. The summed E-state index contributed by atoms with van der Waals surface area (Å²) in [7, 11) is 0. The minimum atomic E-state index is -0.435. The number of nitriles is 1. The van der Waals surface area contributed by atoms with Crippen LogP contribution in [0.25, 0.3) is 0 Å². The first-order valence-electron chi connectivity index (χ1n) is 6.88. The summed E-state index contributed by atoms with van der Waals surface area (Å²) in [5.41, 5.74) is 7.41. The molecule has 0 aromatic heterocycles. The lowest BCUT2D eigenvalue weighted by atomic mass is 10.1. The molecule has 2 N–H and O–H groups in total. The topological polar surface area (TPSA) is 53.0 Å². The van der Waals surface area contributed by atoms with E-state index in [0.29, 0.717) is 31.7 Å². The van der Waals surface area contributed by atoms with E-state index in [4.69, 9.17) is 11.0 Å². The largest absolute Gasteiger partial charge is 0.329 e. The molecule has 0 bridgehead atoms. The molecule has 0 spiro atoms. The Bertz CT molecular complexity index is 620. The smallest absolute Gasteiger partial charge is 0.145 e. The van der Waals surface area contributed by atoms with E-state index in [-0.39, 0.29) is 5.56 Å². The molecule has 0 unspecified atom stereocenters. The second-order valence-electron chi connectivity index (χ2n) is 4.88. The average Bonchev–Trinajstić information content (AvgIpc) is 2.50. The van der Waals surface area contributed by atoms with Crippen molar-refractivity contribution in [3.63, 3.8) is 0 Å². The molecule has 21 heavy (non-hydrogen) atoms. The van der Waals surface area contributed by atoms with E-state index in [1.165, 1.54) is 6.07 Å². The maximum Gasteiger partial charge on any atom is 0.145 e. The fraction of sp³-hybridized carbons (Fsp3) is 0.235. The van der Waals surface area contributed by atoms with E-state index >= 15 is 0 Å². The highest BCUT2D eigenvalue weighted by Gasteiger charge is 2.12. The van der Waals surface area contributed by atoms with E-state index in [0.717, 1.165) is 5.56 Å². The van der Waals surface area contributed by atoms with Gasteiger partial charge in [-0.25, -0.2) is 4.39 Å². The number of benzene rings is 2. The van der Waals surface area contributed by atoms with Gasteiger partial charge in [-0.2, -0.15) is 5.26 Å². The van der Waals surface area contributed by atoms with Crippen LogP contribution in [0.3, 0.4) is 0 Å². The normalized spacial score (nSPS) is 10.6. The molecule has 0 saturated heterocycles. The quantitative estimate of drug-likeness (QED) is 0.886. The molecule has 0 amide bonds. The van der Waals surface area contributed by atoms with Crippen molar-refractivity contribution in [1.82, 2.24) is 4.90 Å². The SMILES string of the molecule is N#Cc1cccc(CN(CCN)Cc2ccccc2)c1F. The molecular formula is C17H18FN3. The third-order valence-electron chi connectivity index (χ3n) is 3.29. The Balaban J connectivity index is 2.15. The zero-order valence-corrected chi connectivity index (χ0v) is 11.8. The van der Waals surface area contributed by atoms with Gasteiger partial charge in [-0.05, 0) is 11.6 Å². The number of nitrogens with two attached hydrogens (primary N) is 1. The van der Waals surface area contributed by atoms with E-state index in [2.05, 4.69) is 4.90 Å². The Hall–Kier alpha value is -2.22. The Morgan fingerprint density at radius 3 is 2.48 bits per heavy atom. The summed E-state index contributed by atoms with van der Waals surface area (Å²) in [6, 6.07) is 16.8. The van der Waals surface area contributed by atoms with Crippen LogP contribution in [-0.2, 0) is 13.1 Å². The summed E-state index contributed by atoms with van der Waals surface area (Å²) in [5, 5.41) is 8.89. The van der Waals surface area contributed by atoms with Crippen LogP contribution in [0.4, 0.5) is 4.39 Å². The van der Waals surface area contributed by atoms with Gasteiger partial charge in [-0.1, -0.05) is 42.5 Å². The Morgan fingerprint density at radius 2 is 1.81 bits per heavy atom. The van der Waals surface area contributed by atoms with Crippen molar-refractivity contribution in [3.8, 4) is 6.07 Å². The van der Waals surface area contributed by atoms with Gasteiger partial charge in [-0.3, -0.25) is 4.90 Å². The van der Waals surface area contributed by atoms with E-state index in [1.807, 2.05) is 36.4 Å². The molecule has 0 aliphatic heterocycles. The summed E-state index contributed by atoms with van der Waals surface area (Å²) in [6.07, 6.45) is 0. The molecule has 0 saturated carbocycles. The molecule has 4 heteroatoms. The third-order valence-corrected chi connectivity index (χ3v) is 3.29. The zero-order chi connectivity index (χ0) is 15.1. The van der Waals surface area contributed by atoms with Crippen molar-refractivity contribution in [3.05, 3.63) is 71.0 Å². The standard InChI is InChI=1S/C17H18FN3/c18-17-15(11-20)7-4-8-16(17)13-21(10-9-19)12-14-5-2-1-3-6-14/h1-8H,9-10,12-13,19H2. The maximum atomic E-state index is 14.1. The summed E-state index contributed by atoms with van der Waals surface area (Å²) < 4.78 is 14.1. The molecule has 0 aliphatic carbocycles. The molecule has 3 nitrogen and oxygen atoms in total. The van der Waals surface area contributed by atoms with Gasteiger partial charge in [0.15, 0.2) is 0 Å². The van der Waals surface area contributed by atoms with Crippen molar-refractivity contribution in [1.29, 1.82) is 5.26 Å². The number of nitrogens with zero attached hydrogens (tertiary/aromatic N) is 2. The lowest BCUT2D eigenvalue weighted by molar-refractivity contribution is 0.260. The minimum Gasteiger partial charge on any atom is -0.329 e. The lowest BCUT2D eigenvalue weighted by Gasteiger charge is -2.22. The first kappa shape index (κ1) is 15.2. The molecule has 2 aromatic rings. The highest BCUT2D eigenvalue weighted by Crippen LogP contribution is 2.15. The predicted octanol–water partition coefficient (Wildman–Crippen LogP) is 2.66. The summed E-state index contributed by atoms with van der Waals surface area (Å²) in [6.45, 7) is 2.32. The highest BCUT2D eigenvalue weighted by atomic mass is 19.1. The molecule has 0 radical (unpaired) electrons. The summed E-state index contributed by atoms with van der Waals surface area (Å²) in [5.74, 6) is -0.435. The first-order valence-corrected chi connectivity index (χ1v) is 6.88. The molecule has 2 rings (SSSR count). The highest BCUT2D eigenvalue weighted by molar-refractivity contribution is 5.35. The van der Waals surface area contributed by atoms with Crippen LogP contribution in [-0.4, -0.2) is 18.0 Å². The van der Waals surface area contributed by atoms with Gasteiger partial charge in [0.2, 0.25) is 0 Å². The van der Waals surface area contributed by atoms with Gasteiger partial charge in [0.25, 0.3) is 0 Å². The molecule has 2 aromatic carbocycles. The molecule has 0 fully saturated rings. The third kappa shape index (κ3) is 4.12. The minimum absolute atomic E-state index is 0.0832. The van der Waals surface area contributed by atoms with E-state index in [1.54, 1.807) is 12.1 Å². The van der Waals surface area contributed by atoms with Gasteiger partial charge >= 0.3 is 0 Å². The van der Waals surface area contributed by atoms with Crippen LogP contribution in [0, 0.1) is 17.1 Å². The van der Waals surface area contributed by atoms with Gasteiger partial charge in [0.1, 0.15) is 11.9 Å². The number of hydrogen-bond donors (Lipinski definition) is 1. The second kappa shape index (κ2) is 7.53. The Kier molecular flexibility index (Phi) is 5.44. The van der Waals surface area contributed by atoms with Crippen LogP contribution in [0.5, 0.6) is 0 Å². The average molecular weight is 283 g/mol. The predicted molar refractivity (Wildman–Crippen MR) is 80.7 cm³/mol. The summed E-state index contributed by atoms with van der Waals surface area (Å²) >= 11 is 0. The first-order chi connectivity index (χ1) is 10.2. The van der Waals surface area contributed by atoms with Crippen molar-refractivity contribution >= 4 is 0 Å². The monoisotopic (exact) mass is 283 g/mol. The number of rotatable bonds is 6. The number of hydrogen-bond acceptors (Lipinski definition) is 3. The summed E-state index contributed by atoms with van der Waals surface area (Å²) in [4.78, 5) is 2.08. The van der Waals surface area contributed by atoms with Gasteiger partial charge < -0.3 is 5.73 Å². The van der Waals surface area contributed by atoms with Crippen molar-refractivity contribution in [2.75, 3.05) is 13.1 Å². The Labute approximate surface area is 124 Å². The molecule has 0 atom stereocenters. The van der Waals surface area contributed by atoms with Crippen LogP contribution in [0.2, 0.25) is 0 Å². The second-order valence-corrected chi connectivity index (χ2v) is 4.88. The van der Waals surface area contributed by atoms with Crippen molar-refractivity contribution in [2.24, 2.45) is 5.73 Å². The molecule has 0 aliphatic rings.